The molecule has 5 aliphatic rings. The molecule has 12 heteroatoms. The first-order chi connectivity index (χ1) is 30.3. The van der Waals surface area contributed by atoms with Crippen LogP contribution in [0.15, 0.2) is 104 Å². The van der Waals surface area contributed by atoms with E-state index in [0.29, 0.717) is 0 Å². The highest BCUT2D eigenvalue weighted by Crippen LogP contribution is 2.47. The van der Waals surface area contributed by atoms with Crippen molar-refractivity contribution in [2.45, 2.75) is 130 Å². The molecule has 0 saturated carbocycles. The Kier molecular flexibility index (Phi) is 11.4. The molecule has 8 nitrogen and oxygen atoms in total. The first kappa shape index (κ1) is 44.3. The number of nitrogens with one attached hydrogen (secondary N) is 4. The molecule has 0 atom stereocenters. The zero-order valence-corrected chi connectivity index (χ0v) is 43.0. The van der Waals surface area contributed by atoms with E-state index in [1.165, 1.54) is 83.7 Å². The molecular weight excluding hydrogens is 865 g/mol. The molecule has 4 aromatic rings. The number of aromatic amines is 4. The summed E-state index contributed by atoms with van der Waals surface area (Å²) in [6.45, 7) is 34.8. The Balaban J connectivity index is 1.16. The van der Waals surface area contributed by atoms with Crippen LogP contribution in [0.2, 0.25) is 0 Å². The Morgan fingerprint density at radius 1 is 0.297 bits per heavy atom. The largest absolute Gasteiger partial charge is 0.358 e. The van der Waals surface area contributed by atoms with Crippen molar-refractivity contribution in [2.24, 2.45) is 20.0 Å². The van der Waals surface area contributed by atoms with Crippen LogP contribution in [0.5, 0.6) is 0 Å². The lowest BCUT2D eigenvalue weighted by atomic mass is 10.1. The van der Waals surface area contributed by atoms with Gasteiger partial charge >= 0.3 is 0 Å². The number of hydrogen-bond acceptors (Lipinski definition) is 8. The molecule has 9 heterocycles. The van der Waals surface area contributed by atoms with Gasteiger partial charge in [-0.15, -0.1) is 0 Å². The molecule has 0 spiro atoms. The first-order valence-corrected chi connectivity index (χ1v) is 25.0. The molecule has 0 saturated heterocycles. The molecule has 4 N–H and O–H groups in total. The third-order valence-electron chi connectivity index (χ3n) is 12.9. The predicted molar refractivity (Wildman–Crippen MR) is 280 cm³/mol. The number of rotatable bonds is 0. The number of hydrogen-bond donors (Lipinski definition) is 4. The molecule has 0 fully saturated rings. The van der Waals surface area contributed by atoms with Gasteiger partial charge in [-0.2, -0.15) is 0 Å². The van der Waals surface area contributed by atoms with Gasteiger partial charge in [0.05, 0.1) is 45.6 Å². The Hall–Kier alpha value is -4.88. The van der Waals surface area contributed by atoms with Crippen molar-refractivity contribution >= 4 is 94.2 Å². The van der Waals surface area contributed by atoms with Crippen LogP contribution < -0.4 is 0 Å². The van der Waals surface area contributed by atoms with Gasteiger partial charge in [-0.05, 0) is 180 Å². The standard InChI is InChI=1S/C52H56N8S4/c1-21-37-17-38-22(2)47(31(11)54-38)62-48-25(5)41(57-32(48)12)19-42-26(6)51(35(15)58-42)64-52-28(8)44(60-36(52)16)20-43-27(7)50(34(14)59-43)63-49-24(4)40(56-33(49)13)18-39-23(3)46(30(10)55-39)61-45(21)29(9)53-37/h17-20,53,56-57,60H,1-16H3. The highest BCUT2D eigenvalue weighted by molar-refractivity contribution is 8.05. The van der Waals surface area contributed by atoms with Crippen molar-refractivity contribution in [1.82, 2.24) is 19.9 Å². The van der Waals surface area contributed by atoms with Crippen molar-refractivity contribution in [3.05, 3.63) is 133 Å². The fourth-order valence-electron chi connectivity index (χ4n) is 9.14. The molecule has 0 radical (unpaired) electrons. The number of H-pyrrole nitrogens is 4. The minimum absolute atomic E-state index is 0.994. The summed E-state index contributed by atoms with van der Waals surface area (Å²) < 4.78 is 0. The van der Waals surface area contributed by atoms with E-state index >= 15 is 0 Å². The minimum atomic E-state index is 0.994. The number of aliphatic imine (C=N–C) groups is 4. The molecule has 0 aliphatic carbocycles. The Bertz CT molecular complexity index is 2770. The quantitative estimate of drug-likeness (QED) is 0.141. The number of fused-ring (bicyclic) bond motifs is 12. The van der Waals surface area contributed by atoms with E-state index in [4.69, 9.17) is 20.0 Å². The van der Waals surface area contributed by atoms with Crippen molar-refractivity contribution in [2.75, 3.05) is 0 Å². The van der Waals surface area contributed by atoms with Crippen LogP contribution in [0, 0.1) is 55.4 Å². The number of thioether (sulfide) groups is 4. The maximum Gasteiger partial charge on any atom is 0.0695 e. The van der Waals surface area contributed by atoms with E-state index in [0.717, 1.165) is 91.2 Å². The van der Waals surface area contributed by atoms with Crippen molar-refractivity contribution < 1.29 is 0 Å². The molecule has 0 unspecified atom stereocenters. The van der Waals surface area contributed by atoms with Crippen LogP contribution in [0.4, 0.5) is 0 Å². The molecule has 16 bridgehead atoms. The maximum absolute atomic E-state index is 5.13. The zero-order valence-electron chi connectivity index (χ0n) is 39.7. The van der Waals surface area contributed by atoms with Crippen LogP contribution in [-0.2, 0) is 0 Å². The molecule has 4 aromatic heterocycles. The van der Waals surface area contributed by atoms with E-state index in [1.807, 2.05) is 47.0 Å². The summed E-state index contributed by atoms with van der Waals surface area (Å²) in [6.07, 6.45) is 8.88. The Labute approximate surface area is 394 Å². The van der Waals surface area contributed by atoms with E-state index in [1.54, 1.807) is 0 Å². The fraction of sp³-hybridized carbons (Fsp3) is 0.308. The smallest absolute Gasteiger partial charge is 0.0695 e. The molecule has 5 aliphatic heterocycles. The summed E-state index contributed by atoms with van der Waals surface area (Å²) in [6, 6.07) is 0. The summed E-state index contributed by atoms with van der Waals surface area (Å²) in [5.41, 5.74) is 26.6. The van der Waals surface area contributed by atoms with Crippen LogP contribution in [0.25, 0.3) is 24.3 Å². The van der Waals surface area contributed by atoms with E-state index in [-0.39, 0.29) is 0 Å². The Morgan fingerprint density at radius 3 is 0.672 bits per heavy atom. The van der Waals surface area contributed by atoms with Crippen molar-refractivity contribution in [1.29, 1.82) is 0 Å². The van der Waals surface area contributed by atoms with Crippen LogP contribution in [-0.4, -0.2) is 42.8 Å². The van der Waals surface area contributed by atoms with E-state index < -0.39 is 0 Å². The second kappa shape index (κ2) is 16.5. The third-order valence-corrected chi connectivity index (χ3v) is 19.4. The number of allylic oxidation sites excluding steroid dienone is 8. The summed E-state index contributed by atoms with van der Waals surface area (Å²) >= 11 is 7.23. The van der Waals surface area contributed by atoms with Gasteiger partial charge in [-0.25, -0.2) is 0 Å². The van der Waals surface area contributed by atoms with Crippen LogP contribution in [0.1, 0.15) is 123 Å². The maximum atomic E-state index is 5.13. The predicted octanol–water partition coefficient (Wildman–Crippen LogP) is 15.3. The SMILES string of the molecule is CC1=NC2=Cc3[nH]c(C)c(c3C)SC3=C(C)C(=Cc4[nH]c(C)c(c4C)SC4=C(C)C(=Cc5[nH]c(C)c(c5C)SC5=C(C)C(=Cc6[nH]c(C)c(c6C)SC1=C2C)N=C5C)N=C4C)N=C3C. The average Bonchev–Trinajstić information content (AvgIpc) is 4.07. The molecule has 328 valence electrons. The normalized spacial score (nSPS) is 18.2. The molecule has 0 amide bonds. The van der Waals surface area contributed by atoms with Gasteiger partial charge in [0.15, 0.2) is 0 Å². The number of aromatic nitrogens is 4. The second-order valence-electron chi connectivity index (χ2n) is 17.6. The number of aryl methyl sites for hydroxylation is 4. The first-order valence-electron chi connectivity index (χ1n) is 21.7. The van der Waals surface area contributed by atoms with Gasteiger partial charge in [0.2, 0.25) is 0 Å². The summed E-state index contributed by atoms with van der Waals surface area (Å²) in [4.78, 5) is 45.1. The number of nitrogens with zero attached hydrogens (tertiary/aromatic N) is 4. The summed E-state index contributed by atoms with van der Waals surface area (Å²) in [5.74, 6) is 0. The van der Waals surface area contributed by atoms with Gasteiger partial charge in [-0.3, -0.25) is 20.0 Å². The van der Waals surface area contributed by atoms with Crippen molar-refractivity contribution in [3.8, 4) is 0 Å². The Morgan fingerprint density at radius 2 is 0.484 bits per heavy atom. The lowest BCUT2D eigenvalue weighted by molar-refractivity contribution is 1.19. The fourth-order valence-corrected chi connectivity index (χ4v) is 13.6. The highest BCUT2D eigenvalue weighted by Gasteiger charge is 2.28. The van der Waals surface area contributed by atoms with Gasteiger partial charge in [0.25, 0.3) is 0 Å². The topological polar surface area (TPSA) is 113 Å². The molecule has 64 heavy (non-hydrogen) atoms. The molecule has 0 aromatic carbocycles. The van der Waals surface area contributed by atoms with Crippen LogP contribution >= 0.6 is 47.0 Å². The monoisotopic (exact) mass is 920 g/mol. The van der Waals surface area contributed by atoms with Gasteiger partial charge in [0.1, 0.15) is 0 Å². The lowest BCUT2D eigenvalue weighted by Gasteiger charge is -2.07. The molecular formula is C52H56N8S4. The third kappa shape index (κ3) is 7.48. The minimum Gasteiger partial charge on any atom is -0.358 e. The van der Waals surface area contributed by atoms with E-state index in [9.17, 15) is 0 Å². The van der Waals surface area contributed by atoms with Gasteiger partial charge in [-0.1, -0.05) is 47.0 Å². The molecule has 9 rings (SSSR count). The highest BCUT2D eigenvalue weighted by atomic mass is 32.2. The summed E-state index contributed by atoms with van der Waals surface area (Å²) in [5, 5.41) is 0. The van der Waals surface area contributed by atoms with Crippen molar-refractivity contribution in [3.63, 3.8) is 0 Å². The lowest BCUT2D eigenvalue weighted by Crippen LogP contribution is -1.91. The van der Waals surface area contributed by atoms with Gasteiger partial charge < -0.3 is 19.9 Å². The van der Waals surface area contributed by atoms with Gasteiger partial charge in [0, 0.05) is 84.8 Å². The average molecular weight is 921 g/mol. The van der Waals surface area contributed by atoms with E-state index in [2.05, 4.69) is 155 Å². The summed E-state index contributed by atoms with van der Waals surface area (Å²) in [7, 11) is 0. The second-order valence-corrected chi connectivity index (χ2v) is 21.7. The zero-order chi connectivity index (χ0) is 45.8. The van der Waals surface area contributed by atoms with Crippen LogP contribution in [0.3, 0.4) is 0 Å².